The standard InChI is InChI=1S/C17H25N3O3/c1-3-8-18-17(23)16-12(10-21)11-9-20-13(6-5-7-14(20)22)15(11)19(16)4-2/h5-7,11-12,15-16,21H,3-4,8-10H2,1-2H3,(H,18,23)/t11-,12-,15+,16-/m0/s1. The third-order valence-corrected chi connectivity index (χ3v) is 5.25. The summed E-state index contributed by atoms with van der Waals surface area (Å²) in [7, 11) is 0. The number of amides is 1. The summed E-state index contributed by atoms with van der Waals surface area (Å²) < 4.78 is 1.79. The van der Waals surface area contributed by atoms with Crippen molar-refractivity contribution < 1.29 is 9.90 Å². The minimum absolute atomic E-state index is 0.00312. The highest BCUT2D eigenvalue weighted by molar-refractivity contribution is 5.82. The summed E-state index contributed by atoms with van der Waals surface area (Å²) in [6, 6.07) is 5.03. The molecule has 3 rings (SSSR count). The number of carbonyl (C=O) groups is 1. The van der Waals surface area contributed by atoms with E-state index < -0.39 is 0 Å². The van der Waals surface area contributed by atoms with Crippen LogP contribution in [0.1, 0.15) is 32.0 Å². The lowest BCUT2D eigenvalue weighted by Crippen LogP contribution is -2.48. The molecule has 0 radical (unpaired) electrons. The van der Waals surface area contributed by atoms with Crippen molar-refractivity contribution in [3.63, 3.8) is 0 Å². The number of nitrogens with zero attached hydrogens (tertiary/aromatic N) is 2. The quantitative estimate of drug-likeness (QED) is 0.822. The first-order valence-electron chi connectivity index (χ1n) is 8.48. The Bertz CT molecular complexity index is 642. The molecule has 0 saturated carbocycles. The fraction of sp³-hybridized carbons (Fsp3) is 0.647. The predicted molar refractivity (Wildman–Crippen MR) is 87.0 cm³/mol. The van der Waals surface area contributed by atoms with Crippen molar-refractivity contribution in [1.29, 1.82) is 0 Å². The SMILES string of the molecule is CCCNC(=O)[C@@H]1[C@@H](CO)[C@@H]2Cn3c(cccc3=O)[C@@H]2N1CC. The molecule has 4 atom stereocenters. The van der Waals surface area contributed by atoms with Crippen molar-refractivity contribution in [2.75, 3.05) is 19.7 Å². The Labute approximate surface area is 136 Å². The summed E-state index contributed by atoms with van der Waals surface area (Å²) >= 11 is 0. The van der Waals surface area contributed by atoms with E-state index in [4.69, 9.17) is 0 Å². The van der Waals surface area contributed by atoms with Crippen LogP contribution in [0.5, 0.6) is 0 Å². The summed E-state index contributed by atoms with van der Waals surface area (Å²) in [4.78, 5) is 26.9. The van der Waals surface area contributed by atoms with E-state index >= 15 is 0 Å². The van der Waals surface area contributed by atoms with Crippen LogP contribution in [-0.2, 0) is 11.3 Å². The second-order valence-electron chi connectivity index (χ2n) is 6.42. The van der Waals surface area contributed by atoms with Gasteiger partial charge in [-0.1, -0.05) is 19.9 Å². The monoisotopic (exact) mass is 319 g/mol. The number of hydrogen-bond acceptors (Lipinski definition) is 4. The summed E-state index contributed by atoms with van der Waals surface area (Å²) in [5.41, 5.74) is 0.963. The molecule has 0 bridgehead atoms. The Morgan fingerprint density at radius 2 is 2.17 bits per heavy atom. The maximum Gasteiger partial charge on any atom is 0.250 e. The summed E-state index contributed by atoms with van der Waals surface area (Å²) in [6.07, 6.45) is 0.888. The maximum absolute atomic E-state index is 12.6. The third-order valence-electron chi connectivity index (χ3n) is 5.25. The van der Waals surface area contributed by atoms with E-state index in [1.54, 1.807) is 16.7 Å². The summed E-state index contributed by atoms with van der Waals surface area (Å²) in [5, 5.41) is 12.9. The van der Waals surface area contributed by atoms with Crippen LogP contribution >= 0.6 is 0 Å². The van der Waals surface area contributed by atoms with Crippen LogP contribution in [0.25, 0.3) is 0 Å². The molecule has 23 heavy (non-hydrogen) atoms. The number of pyridine rings is 1. The molecule has 0 aliphatic carbocycles. The molecule has 2 aliphatic heterocycles. The lowest BCUT2D eigenvalue weighted by molar-refractivity contribution is -0.127. The number of aliphatic hydroxyl groups excluding tert-OH is 1. The number of fused-ring (bicyclic) bond motifs is 3. The number of rotatable bonds is 5. The summed E-state index contributed by atoms with van der Waals surface area (Å²) in [6.45, 7) is 5.96. The molecule has 0 spiro atoms. The van der Waals surface area contributed by atoms with Gasteiger partial charge >= 0.3 is 0 Å². The van der Waals surface area contributed by atoms with E-state index in [-0.39, 0.29) is 42.0 Å². The fourth-order valence-electron chi connectivity index (χ4n) is 4.28. The van der Waals surface area contributed by atoms with Crippen molar-refractivity contribution in [2.24, 2.45) is 11.8 Å². The molecule has 126 valence electrons. The van der Waals surface area contributed by atoms with Crippen molar-refractivity contribution in [2.45, 2.75) is 38.9 Å². The van der Waals surface area contributed by atoms with Crippen LogP contribution in [-0.4, -0.2) is 46.2 Å². The first-order valence-corrected chi connectivity index (χ1v) is 8.48. The maximum atomic E-state index is 12.6. The van der Waals surface area contributed by atoms with Gasteiger partial charge in [-0.3, -0.25) is 14.5 Å². The van der Waals surface area contributed by atoms with E-state index in [9.17, 15) is 14.7 Å². The first kappa shape index (κ1) is 16.2. The second-order valence-corrected chi connectivity index (χ2v) is 6.42. The Morgan fingerprint density at radius 1 is 1.39 bits per heavy atom. The average molecular weight is 319 g/mol. The molecule has 0 aromatic carbocycles. The zero-order valence-electron chi connectivity index (χ0n) is 13.7. The number of nitrogens with one attached hydrogen (secondary N) is 1. The Hall–Kier alpha value is -1.66. The van der Waals surface area contributed by atoms with Gasteiger partial charge < -0.3 is 15.0 Å². The topological polar surface area (TPSA) is 74.6 Å². The molecule has 1 fully saturated rings. The van der Waals surface area contributed by atoms with Crippen molar-refractivity contribution >= 4 is 5.91 Å². The molecule has 1 saturated heterocycles. The van der Waals surface area contributed by atoms with E-state index in [0.29, 0.717) is 19.6 Å². The second kappa shape index (κ2) is 6.45. The first-order chi connectivity index (χ1) is 11.1. The summed E-state index contributed by atoms with van der Waals surface area (Å²) in [5.74, 6) is -0.0458. The molecule has 1 amide bonds. The molecule has 0 unspecified atom stereocenters. The fourth-order valence-corrected chi connectivity index (χ4v) is 4.28. The Morgan fingerprint density at radius 3 is 2.83 bits per heavy atom. The highest BCUT2D eigenvalue weighted by Crippen LogP contribution is 2.48. The minimum Gasteiger partial charge on any atom is -0.396 e. The van der Waals surface area contributed by atoms with Gasteiger partial charge in [-0.15, -0.1) is 0 Å². The van der Waals surface area contributed by atoms with Crippen molar-refractivity contribution in [3.8, 4) is 0 Å². The number of hydrogen-bond donors (Lipinski definition) is 2. The number of likely N-dealkylation sites (tertiary alicyclic amines) is 1. The van der Waals surface area contributed by atoms with Gasteiger partial charge in [-0.05, 0) is 19.0 Å². The normalized spacial score (nSPS) is 29.3. The van der Waals surface area contributed by atoms with Crippen LogP contribution in [0, 0.1) is 11.8 Å². The average Bonchev–Trinajstić information content (AvgIpc) is 3.07. The van der Waals surface area contributed by atoms with Gasteiger partial charge in [0.1, 0.15) is 0 Å². The lowest BCUT2D eigenvalue weighted by Gasteiger charge is -2.29. The lowest BCUT2D eigenvalue weighted by atomic mass is 9.88. The van der Waals surface area contributed by atoms with Crippen LogP contribution in [0.2, 0.25) is 0 Å². The van der Waals surface area contributed by atoms with Gasteiger partial charge in [-0.25, -0.2) is 0 Å². The molecule has 3 heterocycles. The zero-order valence-corrected chi connectivity index (χ0v) is 13.7. The van der Waals surface area contributed by atoms with Crippen molar-refractivity contribution in [1.82, 2.24) is 14.8 Å². The molecule has 1 aromatic heterocycles. The van der Waals surface area contributed by atoms with Gasteiger partial charge in [0.15, 0.2) is 0 Å². The van der Waals surface area contributed by atoms with Crippen LogP contribution in [0.3, 0.4) is 0 Å². The Kier molecular flexibility index (Phi) is 4.55. The van der Waals surface area contributed by atoms with Gasteiger partial charge in [0.2, 0.25) is 5.91 Å². The van der Waals surface area contributed by atoms with Gasteiger partial charge in [0.25, 0.3) is 5.56 Å². The molecular weight excluding hydrogens is 294 g/mol. The predicted octanol–water partition coefficient (Wildman–Crippen LogP) is 0.358. The highest BCUT2D eigenvalue weighted by Gasteiger charge is 2.54. The van der Waals surface area contributed by atoms with Crippen LogP contribution < -0.4 is 10.9 Å². The van der Waals surface area contributed by atoms with Gasteiger partial charge in [0.05, 0.1) is 12.1 Å². The van der Waals surface area contributed by atoms with E-state index in [0.717, 1.165) is 12.1 Å². The van der Waals surface area contributed by atoms with Gasteiger partial charge in [-0.2, -0.15) is 0 Å². The Balaban J connectivity index is 1.97. The smallest absolute Gasteiger partial charge is 0.250 e. The number of aromatic nitrogens is 1. The van der Waals surface area contributed by atoms with Crippen LogP contribution in [0.15, 0.2) is 23.0 Å². The molecule has 2 N–H and O–H groups in total. The number of likely N-dealkylation sites (N-methyl/N-ethyl adjacent to an activating group) is 1. The largest absolute Gasteiger partial charge is 0.396 e. The van der Waals surface area contributed by atoms with Crippen LogP contribution in [0.4, 0.5) is 0 Å². The number of aliphatic hydroxyl groups is 1. The molecular formula is C17H25N3O3. The highest BCUT2D eigenvalue weighted by atomic mass is 16.3. The van der Waals surface area contributed by atoms with E-state index in [1.807, 2.05) is 19.9 Å². The minimum atomic E-state index is -0.324. The van der Waals surface area contributed by atoms with Crippen molar-refractivity contribution in [3.05, 3.63) is 34.2 Å². The molecule has 2 aliphatic rings. The number of carbonyl (C=O) groups excluding carboxylic acids is 1. The van der Waals surface area contributed by atoms with Gasteiger partial charge in [0, 0.05) is 43.3 Å². The van der Waals surface area contributed by atoms with E-state index in [1.165, 1.54) is 0 Å². The molecule has 6 heteroatoms. The zero-order chi connectivity index (χ0) is 16.6. The third kappa shape index (κ3) is 2.50. The molecule has 1 aromatic rings. The van der Waals surface area contributed by atoms with E-state index in [2.05, 4.69) is 10.2 Å². The molecule has 6 nitrogen and oxygen atoms in total.